The normalized spacial score (nSPS) is 16.0. The lowest BCUT2D eigenvalue weighted by Gasteiger charge is -2.37. The van der Waals surface area contributed by atoms with Gasteiger partial charge in [-0.1, -0.05) is 18.2 Å². The van der Waals surface area contributed by atoms with Crippen LogP contribution in [0.3, 0.4) is 0 Å². The van der Waals surface area contributed by atoms with Gasteiger partial charge >= 0.3 is 0 Å². The van der Waals surface area contributed by atoms with Crippen LogP contribution in [0.15, 0.2) is 42.5 Å². The van der Waals surface area contributed by atoms with Crippen LogP contribution in [-0.2, 0) is 11.3 Å². The van der Waals surface area contributed by atoms with E-state index in [1.807, 2.05) is 11.0 Å². The Bertz CT molecular complexity index is 833. The number of nitriles is 1. The van der Waals surface area contributed by atoms with E-state index in [-0.39, 0.29) is 19.0 Å². The lowest BCUT2D eigenvalue weighted by Crippen LogP contribution is -2.49. The lowest BCUT2D eigenvalue weighted by atomic mass is 10.1. The van der Waals surface area contributed by atoms with E-state index in [0.717, 1.165) is 0 Å². The van der Waals surface area contributed by atoms with Crippen LogP contribution in [0.1, 0.15) is 11.1 Å². The van der Waals surface area contributed by atoms with Crippen molar-refractivity contribution in [2.75, 3.05) is 44.2 Å². The summed E-state index contributed by atoms with van der Waals surface area (Å²) < 4.78 is 33.1. The van der Waals surface area contributed by atoms with Gasteiger partial charge in [0.2, 0.25) is 0 Å². The van der Waals surface area contributed by atoms with Crippen LogP contribution >= 0.6 is 0 Å². The zero-order valence-electron chi connectivity index (χ0n) is 15.5. The van der Waals surface area contributed by atoms with Gasteiger partial charge in [0.15, 0.2) is 0 Å². The molecule has 1 aliphatic rings. The van der Waals surface area contributed by atoms with Crippen molar-refractivity contribution in [3.05, 3.63) is 65.2 Å². The third-order valence-electron chi connectivity index (χ3n) is 4.78. The third-order valence-corrected chi connectivity index (χ3v) is 4.78. The van der Waals surface area contributed by atoms with E-state index < -0.39 is 11.9 Å². The molecule has 0 aromatic heterocycles. The molecule has 3 rings (SSSR count). The molecular formula is C21H23F2N3O2. The molecule has 5 nitrogen and oxygen atoms in total. The van der Waals surface area contributed by atoms with Crippen LogP contribution in [0, 0.1) is 23.0 Å². The summed E-state index contributed by atoms with van der Waals surface area (Å²) in [5.74, 6) is -0.711. The number of halogens is 2. The fourth-order valence-corrected chi connectivity index (χ4v) is 3.28. The number of rotatable bonds is 7. The molecule has 0 amide bonds. The Balaban J connectivity index is 1.41. The molecule has 1 saturated heterocycles. The lowest BCUT2D eigenvalue weighted by molar-refractivity contribution is 0.00837. The number of hydrogen-bond acceptors (Lipinski definition) is 5. The molecule has 0 aliphatic carbocycles. The summed E-state index contributed by atoms with van der Waals surface area (Å²) in [7, 11) is 0. The predicted molar refractivity (Wildman–Crippen MR) is 102 cm³/mol. The molecule has 1 fully saturated rings. The quantitative estimate of drug-likeness (QED) is 0.791. The van der Waals surface area contributed by atoms with Gasteiger partial charge in [-0.3, -0.25) is 4.90 Å². The third kappa shape index (κ3) is 5.26. The van der Waals surface area contributed by atoms with E-state index in [0.29, 0.717) is 49.5 Å². The molecule has 0 radical (unpaired) electrons. The van der Waals surface area contributed by atoms with Gasteiger partial charge in [0.25, 0.3) is 0 Å². The highest BCUT2D eigenvalue weighted by Crippen LogP contribution is 2.22. The molecule has 2 aromatic carbocycles. The summed E-state index contributed by atoms with van der Waals surface area (Å²) in [6.07, 6.45) is -0.676. The Morgan fingerprint density at radius 3 is 2.50 bits per heavy atom. The molecule has 1 atom stereocenters. The highest BCUT2D eigenvalue weighted by atomic mass is 19.1. The van der Waals surface area contributed by atoms with Crippen LogP contribution in [0.25, 0.3) is 0 Å². The topological polar surface area (TPSA) is 59.7 Å². The average molecular weight is 387 g/mol. The van der Waals surface area contributed by atoms with E-state index >= 15 is 0 Å². The second-order valence-corrected chi connectivity index (χ2v) is 6.83. The molecular weight excluding hydrogens is 364 g/mol. The zero-order chi connectivity index (χ0) is 19.9. The first kappa shape index (κ1) is 20.2. The van der Waals surface area contributed by atoms with Gasteiger partial charge in [-0.2, -0.15) is 5.26 Å². The fraction of sp³-hybridized carbons (Fsp3) is 0.381. The number of nitrogens with zero attached hydrogens (tertiary/aromatic N) is 3. The summed E-state index contributed by atoms with van der Waals surface area (Å²) >= 11 is 0. The van der Waals surface area contributed by atoms with Crippen LogP contribution in [0.2, 0.25) is 0 Å². The van der Waals surface area contributed by atoms with Crippen LogP contribution < -0.4 is 4.90 Å². The Morgan fingerprint density at radius 1 is 1.07 bits per heavy atom. The molecule has 28 heavy (non-hydrogen) atoms. The molecule has 7 heteroatoms. The van der Waals surface area contributed by atoms with Gasteiger partial charge in [0.1, 0.15) is 11.6 Å². The van der Waals surface area contributed by atoms with Crippen molar-refractivity contribution in [3.63, 3.8) is 0 Å². The second kappa shape index (κ2) is 9.60. The number of benzene rings is 2. The minimum absolute atomic E-state index is 0.121. The molecule has 1 N–H and O–H groups in total. The van der Waals surface area contributed by atoms with Crippen LogP contribution in [0.4, 0.5) is 14.5 Å². The average Bonchev–Trinajstić information content (AvgIpc) is 2.70. The first-order valence-corrected chi connectivity index (χ1v) is 9.23. The summed E-state index contributed by atoms with van der Waals surface area (Å²) in [4.78, 5) is 4.03. The second-order valence-electron chi connectivity index (χ2n) is 6.83. The van der Waals surface area contributed by atoms with Gasteiger partial charge in [0, 0.05) is 38.3 Å². The molecule has 0 bridgehead atoms. The maximum absolute atomic E-state index is 14.1. The van der Waals surface area contributed by atoms with E-state index in [1.54, 1.807) is 30.3 Å². The number of piperazine rings is 1. The van der Waals surface area contributed by atoms with E-state index in [1.165, 1.54) is 12.1 Å². The zero-order valence-corrected chi connectivity index (χ0v) is 15.5. The SMILES string of the molecule is N#Cc1ccc(N2CCN(CC(O)COCc3ccccc3F)CC2)c(F)c1. The van der Waals surface area contributed by atoms with Crippen molar-refractivity contribution in [2.45, 2.75) is 12.7 Å². The van der Waals surface area contributed by atoms with E-state index in [2.05, 4.69) is 4.90 Å². The first-order valence-electron chi connectivity index (χ1n) is 9.23. The molecule has 1 heterocycles. The number of ether oxygens (including phenoxy) is 1. The van der Waals surface area contributed by atoms with Gasteiger partial charge in [-0.25, -0.2) is 8.78 Å². The smallest absolute Gasteiger partial charge is 0.147 e. The highest BCUT2D eigenvalue weighted by Gasteiger charge is 2.21. The van der Waals surface area contributed by atoms with Gasteiger partial charge in [-0.05, 0) is 24.3 Å². The summed E-state index contributed by atoms with van der Waals surface area (Å²) in [6.45, 7) is 3.32. The fourth-order valence-electron chi connectivity index (χ4n) is 3.28. The standard InChI is InChI=1S/C21H23F2N3O2/c22-19-4-2-1-3-17(19)14-28-15-18(27)13-25-7-9-26(10-8-25)21-6-5-16(12-24)11-20(21)23/h1-6,11,18,27H,7-10,13-15H2. The predicted octanol–water partition coefficient (Wildman–Crippen LogP) is 2.54. The molecule has 0 spiro atoms. The Morgan fingerprint density at radius 2 is 1.82 bits per heavy atom. The summed E-state index contributed by atoms with van der Waals surface area (Å²) in [6, 6.07) is 12.8. The number of anilines is 1. The Labute approximate surface area is 163 Å². The number of β-amino-alcohol motifs (C(OH)–C–C–N with tert-alkyl or cyclic N) is 1. The largest absolute Gasteiger partial charge is 0.389 e. The highest BCUT2D eigenvalue weighted by molar-refractivity contribution is 5.51. The van der Waals surface area contributed by atoms with Gasteiger partial charge < -0.3 is 14.7 Å². The molecule has 1 aliphatic heterocycles. The number of aliphatic hydroxyl groups excluding tert-OH is 1. The van der Waals surface area contributed by atoms with E-state index in [4.69, 9.17) is 10.00 Å². The minimum atomic E-state index is -0.676. The van der Waals surface area contributed by atoms with Crippen molar-refractivity contribution < 1.29 is 18.6 Å². The molecule has 0 saturated carbocycles. The van der Waals surface area contributed by atoms with Crippen molar-refractivity contribution in [2.24, 2.45) is 0 Å². The maximum atomic E-state index is 14.1. The Hall–Kier alpha value is -2.53. The number of aliphatic hydroxyl groups is 1. The molecule has 1 unspecified atom stereocenters. The number of hydrogen-bond donors (Lipinski definition) is 1. The first-order chi connectivity index (χ1) is 13.6. The van der Waals surface area contributed by atoms with Crippen LogP contribution in [-0.4, -0.2) is 55.4 Å². The van der Waals surface area contributed by atoms with Gasteiger partial charge in [0.05, 0.1) is 36.6 Å². The van der Waals surface area contributed by atoms with Crippen molar-refractivity contribution in [1.82, 2.24) is 4.90 Å². The van der Waals surface area contributed by atoms with Crippen molar-refractivity contribution in [3.8, 4) is 6.07 Å². The maximum Gasteiger partial charge on any atom is 0.147 e. The Kier molecular flexibility index (Phi) is 6.93. The minimum Gasteiger partial charge on any atom is -0.389 e. The molecule has 148 valence electrons. The van der Waals surface area contributed by atoms with Crippen molar-refractivity contribution in [1.29, 1.82) is 5.26 Å². The monoisotopic (exact) mass is 387 g/mol. The summed E-state index contributed by atoms with van der Waals surface area (Å²) in [5.41, 5.74) is 1.26. The van der Waals surface area contributed by atoms with E-state index in [9.17, 15) is 13.9 Å². The molecule has 2 aromatic rings. The van der Waals surface area contributed by atoms with Crippen LogP contribution in [0.5, 0.6) is 0 Å². The van der Waals surface area contributed by atoms with Gasteiger partial charge in [-0.15, -0.1) is 0 Å². The summed E-state index contributed by atoms with van der Waals surface area (Å²) in [5, 5.41) is 19.0. The van der Waals surface area contributed by atoms with Crippen molar-refractivity contribution >= 4 is 5.69 Å².